The minimum atomic E-state index is -0.520. The van der Waals surface area contributed by atoms with Crippen LogP contribution in [0.15, 0.2) is 73.5 Å². The molecule has 0 saturated carbocycles. The summed E-state index contributed by atoms with van der Waals surface area (Å²) in [6, 6.07) is 16.6. The van der Waals surface area contributed by atoms with Crippen molar-refractivity contribution in [2.24, 2.45) is 0 Å². The number of H-pyrrole nitrogens is 1. The molecule has 5 heteroatoms. The summed E-state index contributed by atoms with van der Waals surface area (Å²) in [5.41, 5.74) is 4.86. The number of aromatic amines is 1. The number of benzene rings is 2. The van der Waals surface area contributed by atoms with Gasteiger partial charge in [-0.1, -0.05) is 67.3 Å². The van der Waals surface area contributed by atoms with Crippen molar-refractivity contribution in [3.8, 4) is 22.4 Å². The number of amides is 1. The van der Waals surface area contributed by atoms with Gasteiger partial charge in [-0.3, -0.25) is 4.90 Å². The topological polar surface area (TPSA) is 58.2 Å². The lowest BCUT2D eigenvalue weighted by Crippen LogP contribution is -2.36. The Hall–Kier alpha value is -3.60. The molecule has 1 aliphatic rings. The van der Waals surface area contributed by atoms with Gasteiger partial charge in [0.1, 0.15) is 11.4 Å². The first-order valence-corrected chi connectivity index (χ1v) is 11.4. The lowest BCUT2D eigenvalue weighted by Gasteiger charge is -2.27. The Balaban J connectivity index is 1.64. The SMILES string of the molecule is C=CC=Cc1ccc(-c2cnc([C@@H]3CCCN3C(=O)OC(C)(C)C)[nH]2)cc1-c1ccccc1. The summed E-state index contributed by atoms with van der Waals surface area (Å²) in [7, 11) is 0. The Labute approximate surface area is 195 Å². The van der Waals surface area contributed by atoms with Gasteiger partial charge in [0.15, 0.2) is 0 Å². The maximum absolute atomic E-state index is 12.7. The molecule has 170 valence electrons. The summed E-state index contributed by atoms with van der Waals surface area (Å²) < 4.78 is 5.61. The van der Waals surface area contributed by atoms with Gasteiger partial charge in [0.2, 0.25) is 0 Å². The van der Waals surface area contributed by atoms with Gasteiger partial charge in [0.25, 0.3) is 0 Å². The Bertz CT molecular complexity index is 1160. The third-order valence-electron chi connectivity index (χ3n) is 5.65. The molecule has 1 fully saturated rings. The molecular weight excluding hydrogens is 410 g/mol. The smallest absolute Gasteiger partial charge is 0.410 e. The van der Waals surface area contributed by atoms with E-state index in [0.29, 0.717) is 6.54 Å². The highest BCUT2D eigenvalue weighted by atomic mass is 16.6. The van der Waals surface area contributed by atoms with Gasteiger partial charge >= 0.3 is 6.09 Å². The van der Waals surface area contributed by atoms with Crippen molar-refractivity contribution >= 4 is 12.2 Å². The van der Waals surface area contributed by atoms with Crippen LogP contribution in [-0.4, -0.2) is 33.1 Å². The highest BCUT2D eigenvalue weighted by molar-refractivity contribution is 5.80. The maximum atomic E-state index is 12.7. The van der Waals surface area contributed by atoms with Gasteiger partial charge in [-0.2, -0.15) is 0 Å². The highest BCUT2D eigenvalue weighted by Gasteiger charge is 2.34. The molecule has 1 atom stereocenters. The first kappa shape index (κ1) is 22.6. The summed E-state index contributed by atoms with van der Waals surface area (Å²) in [5, 5.41) is 0. The van der Waals surface area contributed by atoms with E-state index in [9.17, 15) is 4.79 Å². The fourth-order valence-corrected chi connectivity index (χ4v) is 4.15. The zero-order valence-electron chi connectivity index (χ0n) is 19.5. The van der Waals surface area contributed by atoms with Crippen LogP contribution in [-0.2, 0) is 4.74 Å². The maximum Gasteiger partial charge on any atom is 0.410 e. The van der Waals surface area contributed by atoms with Crippen LogP contribution in [0.3, 0.4) is 0 Å². The lowest BCUT2D eigenvalue weighted by atomic mass is 9.96. The van der Waals surface area contributed by atoms with Gasteiger partial charge < -0.3 is 9.72 Å². The predicted molar refractivity (Wildman–Crippen MR) is 134 cm³/mol. The molecule has 1 saturated heterocycles. The van der Waals surface area contributed by atoms with Crippen LogP contribution in [0.1, 0.15) is 51.0 Å². The minimum absolute atomic E-state index is 0.100. The fourth-order valence-electron chi connectivity index (χ4n) is 4.15. The van der Waals surface area contributed by atoms with Gasteiger partial charge in [-0.05, 0) is 56.4 Å². The molecule has 0 unspecified atom stereocenters. The molecule has 5 nitrogen and oxygen atoms in total. The molecule has 0 spiro atoms. The van der Waals surface area contributed by atoms with Crippen molar-refractivity contribution in [2.75, 3.05) is 6.54 Å². The number of nitrogens with zero attached hydrogens (tertiary/aromatic N) is 2. The number of hydrogen-bond donors (Lipinski definition) is 1. The zero-order valence-corrected chi connectivity index (χ0v) is 19.5. The van der Waals surface area contributed by atoms with Crippen LogP contribution in [0.4, 0.5) is 4.79 Å². The molecule has 0 bridgehead atoms. The van der Waals surface area contributed by atoms with E-state index in [2.05, 4.69) is 53.0 Å². The number of allylic oxidation sites excluding steroid dienone is 2. The fraction of sp³-hybridized carbons (Fsp3) is 0.286. The van der Waals surface area contributed by atoms with E-state index in [-0.39, 0.29) is 12.1 Å². The van der Waals surface area contributed by atoms with E-state index < -0.39 is 5.60 Å². The lowest BCUT2D eigenvalue weighted by molar-refractivity contribution is 0.0218. The number of nitrogens with one attached hydrogen (secondary N) is 1. The van der Waals surface area contributed by atoms with Gasteiger partial charge in [-0.25, -0.2) is 9.78 Å². The van der Waals surface area contributed by atoms with E-state index in [4.69, 9.17) is 4.74 Å². The number of rotatable bonds is 5. The second-order valence-electron chi connectivity index (χ2n) is 9.28. The van der Waals surface area contributed by atoms with E-state index in [1.54, 1.807) is 11.0 Å². The molecule has 2 heterocycles. The van der Waals surface area contributed by atoms with Crippen LogP contribution >= 0.6 is 0 Å². The zero-order chi connectivity index (χ0) is 23.4. The Morgan fingerprint density at radius 1 is 1.18 bits per heavy atom. The van der Waals surface area contributed by atoms with Gasteiger partial charge in [-0.15, -0.1) is 0 Å². The standard InChI is InChI=1S/C28H31N3O2/c1-5-6-11-21-15-16-22(18-23(21)20-12-8-7-9-13-20)24-19-29-26(30-24)25-14-10-17-31(25)27(32)33-28(2,3)4/h5-9,11-13,15-16,18-19,25H,1,10,14,17H2,2-4H3,(H,29,30)/t25-/m0/s1. The average molecular weight is 442 g/mol. The van der Waals surface area contributed by atoms with Crippen LogP contribution in [0.25, 0.3) is 28.5 Å². The molecular formula is C28H31N3O2. The molecule has 0 radical (unpaired) electrons. The van der Waals surface area contributed by atoms with E-state index in [0.717, 1.165) is 46.6 Å². The number of carbonyl (C=O) groups is 1. The van der Waals surface area contributed by atoms with Crippen molar-refractivity contribution in [1.29, 1.82) is 0 Å². The monoisotopic (exact) mass is 441 g/mol. The largest absolute Gasteiger partial charge is 0.444 e. The first-order chi connectivity index (χ1) is 15.9. The quantitative estimate of drug-likeness (QED) is 0.433. The summed E-state index contributed by atoms with van der Waals surface area (Å²) in [6.07, 6.45) is 9.16. The van der Waals surface area contributed by atoms with Crippen molar-refractivity contribution in [1.82, 2.24) is 14.9 Å². The molecule has 0 aliphatic carbocycles. The van der Waals surface area contributed by atoms with Gasteiger partial charge in [0.05, 0.1) is 17.9 Å². The summed E-state index contributed by atoms with van der Waals surface area (Å²) in [4.78, 5) is 22.6. The molecule has 1 amide bonds. The van der Waals surface area contributed by atoms with E-state index >= 15 is 0 Å². The second-order valence-corrected chi connectivity index (χ2v) is 9.28. The normalized spacial score (nSPS) is 16.3. The third kappa shape index (κ3) is 5.25. The summed E-state index contributed by atoms with van der Waals surface area (Å²) in [5.74, 6) is 0.797. The van der Waals surface area contributed by atoms with Crippen molar-refractivity contribution in [2.45, 2.75) is 45.3 Å². The number of imidazole rings is 1. The first-order valence-electron chi connectivity index (χ1n) is 11.4. The Morgan fingerprint density at radius 3 is 2.70 bits per heavy atom. The molecule has 4 rings (SSSR count). The molecule has 3 aromatic rings. The van der Waals surface area contributed by atoms with Crippen molar-refractivity contribution in [3.05, 3.63) is 84.8 Å². The molecule has 33 heavy (non-hydrogen) atoms. The molecule has 1 aromatic heterocycles. The van der Waals surface area contributed by atoms with Crippen LogP contribution < -0.4 is 0 Å². The summed E-state index contributed by atoms with van der Waals surface area (Å²) >= 11 is 0. The molecule has 1 N–H and O–H groups in total. The van der Waals surface area contributed by atoms with Gasteiger partial charge in [0, 0.05) is 12.1 Å². The van der Waals surface area contributed by atoms with Crippen LogP contribution in [0.5, 0.6) is 0 Å². The molecule has 1 aliphatic heterocycles. The number of carbonyl (C=O) groups excluding carboxylic acids is 1. The van der Waals surface area contributed by atoms with Crippen LogP contribution in [0, 0.1) is 0 Å². The summed E-state index contributed by atoms with van der Waals surface area (Å²) in [6.45, 7) is 10.1. The van der Waals surface area contributed by atoms with Crippen molar-refractivity contribution < 1.29 is 9.53 Å². The average Bonchev–Trinajstić information content (AvgIpc) is 3.47. The highest BCUT2D eigenvalue weighted by Crippen LogP contribution is 2.34. The molecule has 2 aromatic carbocycles. The Morgan fingerprint density at radius 2 is 1.97 bits per heavy atom. The number of likely N-dealkylation sites (tertiary alicyclic amines) is 1. The van der Waals surface area contributed by atoms with E-state index in [1.165, 1.54) is 0 Å². The third-order valence-corrected chi connectivity index (χ3v) is 5.65. The van der Waals surface area contributed by atoms with Crippen LogP contribution in [0.2, 0.25) is 0 Å². The number of hydrogen-bond acceptors (Lipinski definition) is 3. The minimum Gasteiger partial charge on any atom is -0.444 e. The second kappa shape index (κ2) is 9.49. The number of ether oxygens (including phenoxy) is 1. The van der Waals surface area contributed by atoms with E-state index in [1.807, 2.05) is 51.2 Å². The van der Waals surface area contributed by atoms with Crippen molar-refractivity contribution in [3.63, 3.8) is 0 Å². The predicted octanol–water partition coefficient (Wildman–Crippen LogP) is 7.01. The Kier molecular flexibility index (Phi) is 6.50. The number of aromatic nitrogens is 2.